The van der Waals surface area contributed by atoms with Gasteiger partial charge in [0.1, 0.15) is 24.4 Å². The van der Waals surface area contributed by atoms with E-state index in [1.54, 1.807) is 0 Å². The number of hydrogen-bond donors (Lipinski definition) is 4. The molecule has 1 fully saturated rings. The Hall–Kier alpha value is 0.1000. The van der Waals surface area contributed by atoms with Gasteiger partial charge in [-0.05, 0) is 17.2 Å². The minimum Gasteiger partial charge on any atom is -0.394 e. The fourth-order valence-corrected chi connectivity index (χ4v) is 3.56. The number of hydrogen-bond acceptors (Lipinski definition) is 8. The summed E-state index contributed by atoms with van der Waals surface area (Å²) in [7, 11) is -2.45. The molecular weight excluding hydrogens is 284 g/mol. The molecule has 7 nitrogen and oxygen atoms in total. The third kappa shape index (κ3) is 4.34. The predicted molar refractivity (Wildman–Crippen MR) is 65.7 cm³/mol. The molecule has 0 bridgehead atoms. The van der Waals surface area contributed by atoms with Gasteiger partial charge >= 0.3 is 0 Å². The van der Waals surface area contributed by atoms with E-state index in [1.165, 1.54) is 0 Å². The average molecular weight is 302 g/mol. The summed E-state index contributed by atoms with van der Waals surface area (Å²) in [6.45, 7) is -0.485. The Morgan fingerprint density at radius 2 is 1.67 bits per heavy atom. The summed E-state index contributed by atoms with van der Waals surface area (Å²) in [6, 6.07) is 0. The molecule has 9 heteroatoms. The van der Waals surface area contributed by atoms with Crippen LogP contribution in [0.2, 0.25) is 0 Å². The second-order valence-electron chi connectivity index (χ2n) is 4.18. The average Bonchev–Trinajstić information content (AvgIpc) is 2.27. The number of rotatable bonds is 5. The van der Waals surface area contributed by atoms with E-state index in [1.807, 2.05) is 0 Å². The van der Waals surface area contributed by atoms with Crippen LogP contribution >= 0.6 is 10.8 Å². The third-order valence-electron chi connectivity index (χ3n) is 2.69. The minimum absolute atomic E-state index is 0.194. The van der Waals surface area contributed by atoms with Gasteiger partial charge in [0.15, 0.2) is 8.87 Å². The number of ether oxygens (including phenoxy) is 1. The standard InChI is InChI=1S/C9H18O7S2/c1-18(14,15)17-3-2-5-7(11)9(13)8(12)6(4-10)16-5/h5-13H,2-4H2,1H3/t5-,6+,7-,8+,9+/m0/s1. The largest absolute Gasteiger partial charge is 0.394 e. The fraction of sp³-hybridized carbons (Fsp3) is 1.00. The van der Waals surface area contributed by atoms with E-state index in [2.05, 4.69) is 0 Å². The van der Waals surface area contributed by atoms with Crippen molar-refractivity contribution in [1.82, 2.24) is 0 Å². The van der Waals surface area contributed by atoms with Crippen molar-refractivity contribution in [3.05, 3.63) is 0 Å². The van der Waals surface area contributed by atoms with Gasteiger partial charge in [0.05, 0.1) is 12.7 Å². The SMILES string of the molecule is CS(=O)(=O)SCC[C@@H]1O[C@H](CO)[C@@H](O)[C@H](O)[C@H]1O. The van der Waals surface area contributed by atoms with E-state index in [0.717, 1.165) is 6.26 Å². The summed E-state index contributed by atoms with van der Waals surface area (Å²) < 4.78 is 27.1. The van der Waals surface area contributed by atoms with E-state index in [-0.39, 0.29) is 12.2 Å². The number of aliphatic hydroxyl groups is 4. The molecule has 0 saturated carbocycles. The molecule has 0 spiro atoms. The first-order chi connectivity index (χ1) is 8.26. The molecule has 18 heavy (non-hydrogen) atoms. The normalized spacial score (nSPS) is 37.7. The van der Waals surface area contributed by atoms with Crippen molar-refractivity contribution < 1.29 is 33.6 Å². The minimum atomic E-state index is -3.17. The Kier molecular flexibility index (Phi) is 5.84. The van der Waals surface area contributed by atoms with E-state index >= 15 is 0 Å². The molecule has 1 saturated heterocycles. The second-order valence-corrected chi connectivity index (χ2v) is 8.76. The summed E-state index contributed by atoms with van der Waals surface area (Å²) >= 11 is 0. The van der Waals surface area contributed by atoms with Crippen molar-refractivity contribution in [2.24, 2.45) is 0 Å². The number of aliphatic hydroxyl groups excluding tert-OH is 4. The Balaban J connectivity index is 2.54. The molecule has 4 N–H and O–H groups in total. The topological polar surface area (TPSA) is 124 Å². The first kappa shape index (κ1) is 16.2. The van der Waals surface area contributed by atoms with Crippen LogP contribution in [0.4, 0.5) is 0 Å². The molecule has 0 amide bonds. The van der Waals surface area contributed by atoms with Gasteiger partial charge in [-0.2, -0.15) is 0 Å². The van der Waals surface area contributed by atoms with Crippen LogP contribution in [0.15, 0.2) is 0 Å². The molecule has 0 aromatic heterocycles. The van der Waals surface area contributed by atoms with E-state index in [9.17, 15) is 23.7 Å². The molecule has 0 radical (unpaired) electrons. The molecule has 1 rings (SSSR count). The second kappa shape index (κ2) is 6.51. The lowest BCUT2D eigenvalue weighted by molar-refractivity contribution is -0.229. The smallest absolute Gasteiger partial charge is 0.198 e. The summed E-state index contributed by atoms with van der Waals surface area (Å²) in [6.07, 6.45) is -4.59. The zero-order valence-corrected chi connectivity index (χ0v) is 11.5. The molecule has 1 heterocycles. The maximum atomic E-state index is 10.9. The van der Waals surface area contributed by atoms with Crippen molar-refractivity contribution in [3.63, 3.8) is 0 Å². The third-order valence-corrected chi connectivity index (χ3v) is 5.31. The lowest BCUT2D eigenvalue weighted by Crippen LogP contribution is -2.58. The molecule has 0 aromatic carbocycles. The van der Waals surface area contributed by atoms with Gasteiger partial charge < -0.3 is 25.2 Å². The molecule has 108 valence electrons. The van der Waals surface area contributed by atoms with Crippen molar-refractivity contribution in [2.75, 3.05) is 18.6 Å². The Labute approximate surface area is 109 Å². The van der Waals surface area contributed by atoms with E-state index in [4.69, 9.17) is 9.84 Å². The van der Waals surface area contributed by atoms with Crippen LogP contribution in [0, 0.1) is 0 Å². The predicted octanol–water partition coefficient (Wildman–Crippen LogP) is -2.09. The van der Waals surface area contributed by atoms with Gasteiger partial charge in [-0.1, -0.05) is 0 Å². The van der Waals surface area contributed by atoms with Crippen LogP contribution < -0.4 is 0 Å². The van der Waals surface area contributed by atoms with Crippen LogP contribution in [0.25, 0.3) is 0 Å². The highest BCUT2D eigenvalue weighted by molar-refractivity contribution is 8.71. The Morgan fingerprint density at radius 3 is 2.17 bits per heavy atom. The van der Waals surface area contributed by atoms with Gasteiger partial charge in [-0.25, -0.2) is 8.42 Å². The summed E-state index contributed by atoms with van der Waals surface area (Å²) in [4.78, 5) is 0. The van der Waals surface area contributed by atoms with Gasteiger partial charge in [0.25, 0.3) is 0 Å². The Bertz CT molecular complexity index is 356. The molecule has 1 aliphatic rings. The van der Waals surface area contributed by atoms with E-state index < -0.39 is 46.0 Å². The van der Waals surface area contributed by atoms with Crippen LogP contribution in [0.3, 0.4) is 0 Å². The lowest BCUT2D eigenvalue weighted by Gasteiger charge is -2.40. The zero-order valence-electron chi connectivity index (χ0n) is 9.84. The highest BCUT2D eigenvalue weighted by atomic mass is 33.1. The van der Waals surface area contributed by atoms with Crippen LogP contribution in [-0.4, -0.2) is 78.0 Å². The van der Waals surface area contributed by atoms with Gasteiger partial charge in [-0.15, -0.1) is 0 Å². The van der Waals surface area contributed by atoms with Crippen LogP contribution in [0.1, 0.15) is 6.42 Å². The van der Waals surface area contributed by atoms with Gasteiger partial charge in [-0.3, -0.25) is 0 Å². The van der Waals surface area contributed by atoms with Crippen molar-refractivity contribution in [3.8, 4) is 0 Å². The van der Waals surface area contributed by atoms with Crippen LogP contribution in [0.5, 0.6) is 0 Å². The monoisotopic (exact) mass is 302 g/mol. The summed E-state index contributed by atoms with van der Waals surface area (Å²) in [5.74, 6) is 0.196. The van der Waals surface area contributed by atoms with E-state index in [0.29, 0.717) is 10.8 Å². The molecule has 0 unspecified atom stereocenters. The Morgan fingerprint density at radius 1 is 1.11 bits per heavy atom. The summed E-state index contributed by atoms with van der Waals surface area (Å²) in [5.41, 5.74) is 0. The van der Waals surface area contributed by atoms with Gasteiger partial charge in [0.2, 0.25) is 0 Å². The quantitative estimate of drug-likeness (QED) is 0.426. The van der Waals surface area contributed by atoms with Crippen molar-refractivity contribution >= 4 is 19.7 Å². The van der Waals surface area contributed by atoms with Crippen molar-refractivity contribution in [2.45, 2.75) is 36.9 Å². The first-order valence-electron chi connectivity index (χ1n) is 5.41. The molecule has 0 aliphatic carbocycles. The molecule has 5 atom stereocenters. The van der Waals surface area contributed by atoms with Crippen LogP contribution in [-0.2, 0) is 13.6 Å². The highest BCUT2D eigenvalue weighted by Gasteiger charge is 2.42. The fourth-order valence-electron chi connectivity index (χ4n) is 1.73. The first-order valence-corrected chi connectivity index (χ1v) is 8.80. The summed E-state index contributed by atoms with van der Waals surface area (Å²) in [5, 5.41) is 37.7. The molecule has 1 aliphatic heterocycles. The molecule has 0 aromatic rings. The highest BCUT2D eigenvalue weighted by Crippen LogP contribution is 2.25. The lowest BCUT2D eigenvalue weighted by atomic mass is 9.94. The zero-order chi connectivity index (χ0) is 13.9. The molecular formula is C9H18O7S2. The van der Waals surface area contributed by atoms with Crippen molar-refractivity contribution in [1.29, 1.82) is 0 Å². The maximum Gasteiger partial charge on any atom is 0.198 e. The van der Waals surface area contributed by atoms with Gasteiger partial charge in [0, 0.05) is 12.0 Å². The maximum absolute atomic E-state index is 10.9.